The van der Waals surface area contributed by atoms with Gasteiger partial charge in [-0.1, -0.05) is 24.3 Å². The van der Waals surface area contributed by atoms with Gasteiger partial charge in [-0.2, -0.15) is 4.94 Å². The van der Waals surface area contributed by atoms with Crippen LogP contribution in [0.25, 0.3) is 10.9 Å². The summed E-state index contributed by atoms with van der Waals surface area (Å²) in [6.45, 7) is 4.40. The second-order valence-corrected chi connectivity index (χ2v) is 3.37. The van der Waals surface area contributed by atoms with Gasteiger partial charge >= 0.3 is 0 Å². The molecule has 0 fully saturated rings. The number of nitrogens with zero attached hydrogens (tertiary/aromatic N) is 1. The number of halogens is 1. The van der Waals surface area contributed by atoms with Crippen molar-refractivity contribution in [1.82, 2.24) is 4.57 Å². The maximum Gasteiger partial charge on any atom is 0.115 e. The zero-order valence-corrected chi connectivity index (χ0v) is 8.32. The van der Waals surface area contributed by atoms with Crippen LogP contribution < -0.4 is 0 Å². The van der Waals surface area contributed by atoms with Crippen LogP contribution in [0.1, 0.15) is 5.56 Å². The molecule has 0 N–H and O–H groups in total. The zero-order valence-electron chi connectivity index (χ0n) is 8.32. The van der Waals surface area contributed by atoms with Gasteiger partial charge in [0.15, 0.2) is 0 Å². The Hall–Kier alpha value is -1.61. The van der Waals surface area contributed by atoms with Crippen LogP contribution in [-0.4, -0.2) is 4.57 Å². The summed E-state index contributed by atoms with van der Waals surface area (Å²) in [5, 5.41) is 1.03. The van der Waals surface area contributed by atoms with E-state index in [2.05, 4.69) is 11.5 Å². The molecule has 3 heteroatoms. The standard InChI is InChI=1S/C12H12FNO/c1-2-7-14-8-10(9-15-13)11-5-3-4-6-12(11)14/h2-6,8H,1,7,9H2. The molecule has 0 spiro atoms. The molecule has 0 aliphatic rings. The Bertz CT molecular complexity index is 475. The summed E-state index contributed by atoms with van der Waals surface area (Å²) in [5.74, 6) is 0. The number of aromatic nitrogens is 1. The second-order valence-electron chi connectivity index (χ2n) is 3.37. The van der Waals surface area contributed by atoms with E-state index in [9.17, 15) is 4.53 Å². The van der Waals surface area contributed by atoms with Gasteiger partial charge in [-0.05, 0) is 10.6 Å². The number of benzene rings is 1. The minimum atomic E-state index is -0.00927. The molecular weight excluding hydrogens is 193 g/mol. The molecule has 15 heavy (non-hydrogen) atoms. The first kappa shape index (κ1) is 9.93. The van der Waals surface area contributed by atoms with Gasteiger partial charge in [0.2, 0.25) is 0 Å². The van der Waals surface area contributed by atoms with Crippen molar-refractivity contribution in [1.29, 1.82) is 0 Å². The highest BCUT2D eigenvalue weighted by molar-refractivity contribution is 5.83. The Morgan fingerprint density at radius 3 is 2.93 bits per heavy atom. The minimum absolute atomic E-state index is 0.00927. The molecule has 0 saturated heterocycles. The van der Waals surface area contributed by atoms with Crippen molar-refractivity contribution in [2.45, 2.75) is 13.2 Å². The maximum absolute atomic E-state index is 11.9. The fourth-order valence-corrected chi connectivity index (χ4v) is 1.79. The topological polar surface area (TPSA) is 14.2 Å². The third-order valence-corrected chi connectivity index (χ3v) is 2.41. The normalized spacial score (nSPS) is 10.7. The fraction of sp³-hybridized carbons (Fsp3) is 0.167. The van der Waals surface area contributed by atoms with E-state index in [0.29, 0.717) is 6.54 Å². The molecule has 0 bridgehead atoms. The third kappa shape index (κ3) is 1.78. The van der Waals surface area contributed by atoms with E-state index >= 15 is 0 Å². The van der Waals surface area contributed by atoms with E-state index in [1.165, 1.54) is 0 Å². The number of hydrogen-bond donors (Lipinski definition) is 0. The third-order valence-electron chi connectivity index (χ3n) is 2.41. The van der Waals surface area contributed by atoms with Gasteiger partial charge in [-0.25, -0.2) is 0 Å². The molecule has 0 aliphatic carbocycles. The fourth-order valence-electron chi connectivity index (χ4n) is 1.79. The molecule has 78 valence electrons. The quantitative estimate of drug-likeness (QED) is 0.699. The molecular formula is C12H12FNO. The van der Waals surface area contributed by atoms with Crippen LogP contribution in [0.2, 0.25) is 0 Å². The summed E-state index contributed by atoms with van der Waals surface area (Å²) in [7, 11) is 0. The molecule has 0 saturated carbocycles. The first-order chi connectivity index (χ1) is 7.36. The molecule has 0 aliphatic heterocycles. The molecule has 0 atom stereocenters. The predicted octanol–water partition coefficient (Wildman–Crippen LogP) is 3.23. The zero-order chi connectivity index (χ0) is 10.7. The molecule has 1 heterocycles. The van der Waals surface area contributed by atoms with E-state index < -0.39 is 0 Å². The lowest BCUT2D eigenvalue weighted by Gasteiger charge is -1.98. The van der Waals surface area contributed by atoms with Crippen molar-refractivity contribution >= 4 is 10.9 Å². The molecule has 2 aromatic rings. The Morgan fingerprint density at radius 2 is 2.20 bits per heavy atom. The molecule has 0 radical (unpaired) electrons. The minimum Gasteiger partial charge on any atom is -0.343 e. The first-order valence-electron chi connectivity index (χ1n) is 4.78. The van der Waals surface area contributed by atoms with Crippen molar-refractivity contribution < 1.29 is 9.47 Å². The highest BCUT2D eigenvalue weighted by Gasteiger charge is 2.06. The van der Waals surface area contributed by atoms with Crippen LogP contribution in [0.4, 0.5) is 4.53 Å². The van der Waals surface area contributed by atoms with E-state index in [4.69, 9.17) is 0 Å². The van der Waals surface area contributed by atoms with Gasteiger partial charge in [0, 0.05) is 29.2 Å². The van der Waals surface area contributed by atoms with Gasteiger partial charge in [0.25, 0.3) is 0 Å². The van der Waals surface area contributed by atoms with E-state index in [0.717, 1.165) is 16.5 Å². The first-order valence-corrected chi connectivity index (χ1v) is 4.78. The van der Waals surface area contributed by atoms with Gasteiger partial charge in [0.05, 0.1) is 0 Å². The summed E-state index contributed by atoms with van der Waals surface area (Å²) >= 11 is 0. The molecule has 1 aromatic heterocycles. The van der Waals surface area contributed by atoms with Crippen LogP contribution in [0.5, 0.6) is 0 Å². The van der Waals surface area contributed by atoms with Crippen LogP contribution >= 0.6 is 0 Å². The summed E-state index contributed by atoms with van der Waals surface area (Å²) in [5.41, 5.74) is 1.93. The van der Waals surface area contributed by atoms with Gasteiger partial charge in [-0.3, -0.25) is 0 Å². The van der Waals surface area contributed by atoms with Crippen molar-refractivity contribution in [2.75, 3.05) is 0 Å². The van der Waals surface area contributed by atoms with E-state index in [-0.39, 0.29) is 6.61 Å². The number of hydrogen-bond acceptors (Lipinski definition) is 1. The smallest absolute Gasteiger partial charge is 0.115 e. The Balaban J connectivity index is 2.56. The SMILES string of the molecule is C=CCn1cc(COF)c2ccccc21. The Kier molecular flexibility index (Phi) is 2.83. The number of allylic oxidation sites excluding steroid dienone is 1. The summed E-state index contributed by atoms with van der Waals surface area (Å²) in [6.07, 6.45) is 3.71. The van der Waals surface area contributed by atoms with Crippen molar-refractivity contribution in [3.63, 3.8) is 0 Å². The van der Waals surface area contributed by atoms with E-state index in [1.54, 1.807) is 0 Å². The van der Waals surface area contributed by atoms with Crippen molar-refractivity contribution in [3.05, 3.63) is 48.7 Å². The van der Waals surface area contributed by atoms with Crippen LogP contribution in [0.15, 0.2) is 43.1 Å². The van der Waals surface area contributed by atoms with Crippen LogP contribution in [0.3, 0.4) is 0 Å². The largest absolute Gasteiger partial charge is 0.343 e. The highest BCUT2D eigenvalue weighted by atomic mass is 19.3. The Morgan fingerprint density at radius 1 is 1.40 bits per heavy atom. The summed E-state index contributed by atoms with van der Waals surface area (Å²) in [6, 6.07) is 7.86. The molecule has 2 nitrogen and oxygen atoms in total. The lowest BCUT2D eigenvalue weighted by atomic mass is 10.2. The molecule has 0 unspecified atom stereocenters. The number of fused-ring (bicyclic) bond motifs is 1. The lowest BCUT2D eigenvalue weighted by Crippen LogP contribution is -1.91. The molecule has 1 aromatic carbocycles. The Labute approximate surface area is 87.5 Å². The van der Waals surface area contributed by atoms with Crippen LogP contribution in [-0.2, 0) is 18.1 Å². The molecule has 0 amide bonds. The average Bonchev–Trinajstić information content (AvgIpc) is 2.59. The summed E-state index contributed by atoms with van der Waals surface area (Å²) < 4.78 is 13.9. The molecule has 2 rings (SSSR count). The predicted molar refractivity (Wildman–Crippen MR) is 58.0 cm³/mol. The van der Waals surface area contributed by atoms with Crippen molar-refractivity contribution in [3.8, 4) is 0 Å². The van der Waals surface area contributed by atoms with Crippen molar-refractivity contribution in [2.24, 2.45) is 0 Å². The number of rotatable bonds is 4. The highest BCUT2D eigenvalue weighted by Crippen LogP contribution is 2.22. The van der Waals surface area contributed by atoms with E-state index in [1.807, 2.05) is 41.1 Å². The monoisotopic (exact) mass is 205 g/mol. The van der Waals surface area contributed by atoms with Crippen LogP contribution in [0, 0.1) is 0 Å². The lowest BCUT2D eigenvalue weighted by molar-refractivity contribution is -0.143. The maximum atomic E-state index is 11.9. The average molecular weight is 205 g/mol. The second kappa shape index (κ2) is 4.28. The van der Waals surface area contributed by atoms with Gasteiger partial charge in [0.1, 0.15) is 6.61 Å². The summed E-state index contributed by atoms with van der Waals surface area (Å²) in [4.78, 5) is 3.69. The number of para-hydroxylation sites is 1. The van der Waals surface area contributed by atoms with Gasteiger partial charge < -0.3 is 4.57 Å². The van der Waals surface area contributed by atoms with Gasteiger partial charge in [-0.15, -0.1) is 6.58 Å².